The number of nitrogens with zero attached hydrogens (tertiary/aromatic N) is 4. The molecule has 0 radical (unpaired) electrons. The van der Waals surface area contributed by atoms with Gasteiger partial charge in [-0.25, -0.2) is 9.97 Å². The van der Waals surface area contributed by atoms with E-state index in [9.17, 15) is 4.79 Å². The summed E-state index contributed by atoms with van der Waals surface area (Å²) in [7, 11) is 0. The number of carbonyl (C=O) groups is 1. The summed E-state index contributed by atoms with van der Waals surface area (Å²) in [6.07, 6.45) is 9.40. The average Bonchev–Trinajstić information content (AvgIpc) is 3.02. The molecule has 0 N–H and O–H groups in total. The van der Waals surface area contributed by atoms with Crippen LogP contribution in [0.15, 0.2) is 30.7 Å². The monoisotopic (exact) mass is 310 g/mol. The zero-order valence-corrected chi connectivity index (χ0v) is 13.7. The van der Waals surface area contributed by atoms with Gasteiger partial charge in [0, 0.05) is 31.2 Å². The molecule has 5 heteroatoms. The van der Waals surface area contributed by atoms with Gasteiger partial charge in [0.15, 0.2) is 0 Å². The van der Waals surface area contributed by atoms with Crippen molar-refractivity contribution in [1.29, 1.82) is 0 Å². The van der Waals surface area contributed by atoms with Gasteiger partial charge in [0.05, 0.1) is 11.3 Å². The van der Waals surface area contributed by atoms with E-state index in [2.05, 4.69) is 15.0 Å². The summed E-state index contributed by atoms with van der Waals surface area (Å²) in [5, 5.41) is 0. The molecule has 0 aromatic carbocycles. The lowest BCUT2D eigenvalue weighted by Crippen LogP contribution is -2.36. The van der Waals surface area contributed by atoms with Crippen molar-refractivity contribution < 1.29 is 4.79 Å². The fraction of sp³-hybridized carbons (Fsp3) is 0.444. The molecule has 120 valence electrons. The van der Waals surface area contributed by atoms with Gasteiger partial charge >= 0.3 is 0 Å². The second kappa shape index (κ2) is 6.86. The molecule has 0 unspecified atom stereocenters. The van der Waals surface area contributed by atoms with Crippen LogP contribution < -0.4 is 0 Å². The number of hydrogen-bond donors (Lipinski definition) is 0. The van der Waals surface area contributed by atoms with Gasteiger partial charge < -0.3 is 4.90 Å². The minimum Gasteiger partial charge on any atom is -0.336 e. The van der Waals surface area contributed by atoms with Crippen LogP contribution >= 0.6 is 0 Å². The lowest BCUT2D eigenvalue weighted by atomic mass is 10.0. The summed E-state index contributed by atoms with van der Waals surface area (Å²) in [5.41, 5.74) is 2.67. The second-order valence-electron chi connectivity index (χ2n) is 6.11. The Morgan fingerprint density at radius 1 is 1.30 bits per heavy atom. The van der Waals surface area contributed by atoms with E-state index in [0.29, 0.717) is 17.4 Å². The Kier molecular flexibility index (Phi) is 4.65. The molecule has 2 aromatic heterocycles. The SMILES string of the molecule is Cc1ncc(C(=O)N2CCC[C@@H]2CCc2ccncc2)c(C)n1. The lowest BCUT2D eigenvalue weighted by Gasteiger charge is -2.25. The molecule has 1 fully saturated rings. The van der Waals surface area contributed by atoms with E-state index < -0.39 is 0 Å². The third-order valence-corrected chi connectivity index (χ3v) is 4.48. The maximum atomic E-state index is 12.8. The first-order valence-electron chi connectivity index (χ1n) is 8.15. The normalized spacial score (nSPS) is 17.5. The standard InChI is InChI=1S/C18H22N4O/c1-13-17(12-20-14(2)21-13)18(23)22-11-3-4-16(22)6-5-15-7-9-19-10-8-15/h7-10,12,16H,3-6,11H2,1-2H3/t16-/m1/s1. The molecule has 3 heterocycles. The zero-order chi connectivity index (χ0) is 16.2. The van der Waals surface area contributed by atoms with Crippen LogP contribution in [0.25, 0.3) is 0 Å². The fourth-order valence-electron chi connectivity index (χ4n) is 3.23. The third kappa shape index (κ3) is 3.55. The number of aryl methyl sites for hydroxylation is 3. The molecular formula is C18H22N4O. The predicted octanol–water partition coefficient (Wildman–Crippen LogP) is 2.73. The van der Waals surface area contributed by atoms with E-state index >= 15 is 0 Å². The number of rotatable bonds is 4. The largest absolute Gasteiger partial charge is 0.336 e. The topological polar surface area (TPSA) is 59.0 Å². The van der Waals surface area contributed by atoms with Gasteiger partial charge in [-0.15, -0.1) is 0 Å². The van der Waals surface area contributed by atoms with Crippen LogP contribution in [0.3, 0.4) is 0 Å². The highest BCUT2D eigenvalue weighted by molar-refractivity contribution is 5.95. The van der Waals surface area contributed by atoms with E-state index in [-0.39, 0.29) is 5.91 Å². The van der Waals surface area contributed by atoms with Crippen molar-refractivity contribution in [3.05, 3.63) is 53.4 Å². The first-order valence-corrected chi connectivity index (χ1v) is 8.15. The van der Waals surface area contributed by atoms with Gasteiger partial charge in [-0.2, -0.15) is 0 Å². The van der Waals surface area contributed by atoms with Crippen molar-refractivity contribution in [3.63, 3.8) is 0 Å². The summed E-state index contributed by atoms with van der Waals surface area (Å²) >= 11 is 0. The molecule has 0 bridgehead atoms. The Hall–Kier alpha value is -2.30. The molecule has 1 atom stereocenters. The van der Waals surface area contributed by atoms with Crippen LogP contribution in [0.2, 0.25) is 0 Å². The number of hydrogen-bond acceptors (Lipinski definition) is 4. The Balaban J connectivity index is 1.69. The van der Waals surface area contributed by atoms with Gasteiger partial charge in [0.25, 0.3) is 5.91 Å². The Morgan fingerprint density at radius 3 is 2.83 bits per heavy atom. The number of likely N-dealkylation sites (tertiary alicyclic amines) is 1. The first-order chi connectivity index (χ1) is 11.1. The molecule has 1 aliphatic rings. The van der Waals surface area contributed by atoms with E-state index in [1.807, 2.05) is 43.3 Å². The Morgan fingerprint density at radius 2 is 2.09 bits per heavy atom. The summed E-state index contributed by atoms with van der Waals surface area (Å²) in [4.78, 5) is 27.4. The summed E-state index contributed by atoms with van der Waals surface area (Å²) < 4.78 is 0. The number of amides is 1. The molecule has 0 spiro atoms. The molecular weight excluding hydrogens is 288 g/mol. The van der Waals surface area contributed by atoms with E-state index in [4.69, 9.17) is 0 Å². The van der Waals surface area contributed by atoms with Gasteiger partial charge in [0.1, 0.15) is 5.82 Å². The summed E-state index contributed by atoms with van der Waals surface area (Å²) in [6, 6.07) is 4.38. The second-order valence-corrected chi connectivity index (χ2v) is 6.11. The van der Waals surface area contributed by atoms with Gasteiger partial charge in [-0.3, -0.25) is 9.78 Å². The lowest BCUT2D eigenvalue weighted by molar-refractivity contribution is 0.0729. The van der Waals surface area contributed by atoms with Crippen molar-refractivity contribution in [2.75, 3.05) is 6.54 Å². The Bertz CT molecular complexity index is 687. The maximum Gasteiger partial charge on any atom is 0.257 e. The molecule has 23 heavy (non-hydrogen) atoms. The van der Waals surface area contributed by atoms with Crippen molar-refractivity contribution in [2.45, 2.75) is 45.6 Å². The first kappa shape index (κ1) is 15.6. The molecule has 0 aliphatic carbocycles. The summed E-state index contributed by atoms with van der Waals surface area (Å²) in [5.74, 6) is 0.773. The van der Waals surface area contributed by atoms with E-state index in [1.54, 1.807) is 6.20 Å². The molecule has 1 amide bonds. The predicted molar refractivity (Wildman–Crippen MR) is 88.1 cm³/mol. The van der Waals surface area contributed by atoms with Crippen molar-refractivity contribution in [1.82, 2.24) is 19.9 Å². The Labute approximate surface area is 136 Å². The van der Waals surface area contributed by atoms with Gasteiger partial charge in [-0.1, -0.05) is 0 Å². The minimum absolute atomic E-state index is 0.0692. The van der Waals surface area contributed by atoms with E-state index in [1.165, 1.54) is 5.56 Å². The fourth-order valence-corrected chi connectivity index (χ4v) is 3.23. The van der Waals surface area contributed by atoms with Crippen molar-refractivity contribution >= 4 is 5.91 Å². The zero-order valence-electron chi connectivity index (χ0n) is 13.7. The smallest absolute Gasteiger partial charge is 0.257 e. The molecule has 1 aliphatic heterocycles. The maximum absolute atomic E-state index is 12.8. The average molecular weight is 310 g/mol. The van der Waals surface area contributed by atoms with Gasteiger partial charge in [-0.05, 0) is 57.2 Å². The minimum atomic E-state index is 0.0692. The van der Waals surface area contributed by atoms with Gasteiger partial charge in [0.2, 0.25) is 0 Å². The molecule has 2 aromatic rings. The molecule has 3 rings (SSSR count). The van der Waals surface area contributed by atoms with Crippen LogP contribution in [-0.2, 0) is 6.42 Å². The van der Waals surface area contributed by atoms with Crippen LogP contribution in [0.1, 0.15) is 46.7 Å². The third-order valence-electron chi connectivity index (χ3n) is 4.48. The quantitative estimate of drug-likeness (QED) is 0.871. The van der Waals surface area contributed by atoms with Crippen LogP contribution in [0.5, 0.6) is 0 Å². The van der Waals surface area contributed by atoms with E-state index in [0.717, 1.165) is 37.9 Å². The van der Waals surface area contributed by atoms with Crippen molar-refractivity contribution in [2.24, 2.45) is 0 Å². The highest BCUT2D eigenvalue weighted by atomic mass is 16.2. The summed E-state index contributed by atoms with van der Waals surface area (Å²) in [6.45, 7) is 4.55. The van der Waals surface area contributed by atoms with Crippen LogP contribution in [0.4, 0.5) is 0 Å². The number of aromatic nitrogens is 3. The highest BCUT2D eigenvalue weighted by Crippen LogP contribution is 2.24. The molecule has 1 saturated heterocycles. The van der Waals surface area contributed by atoms with Crippen molar-refractivity contribution in [3.8, 4) is 0 Å². The highest BCUT2D eigenvalue weighted by Gasteiger charge is 2.30. The van der Waals surface area contributed by atoms with Crippen LogP contribution in [0, 0.1) is 13.8 Å². The molecule has 0 saturated carbocycles. The number of carbonyl (C=O) groups excluding carboxylic acids is 1. The van der Waals surface area contributed by atoms with Crippen LogP contribution in [-0.4, -0.2) is 38.3 Å². The molecule has 5 nitrogen and oxygen atoms in total. The number of pyridine rings is 1.